The van der Waals surface area contributed by atoms with Crippen LogP contribution < -0.4 is 5.73 Å². The molecule has 0 bridgehead atoms. The number of carbonyl (C=O) groups is 2. The van der Waals surface area contributed by atoms with E-state index in [0.717, 1.165) is 6.42 Å². The molecule has 0 aromatic carbocycles. The van der Waals surface area contributed by atoms with E-state index in [1.54, 1.807) is 20.8 Å². The van der Waals surface area contributed by atoms with Gasteiger partial charge in [0.15, 0.2) is 0 Å². The summed E-state index contributed by atoms with van der Waals surface area (Å²) >= 11 is 0. The maximum atomic E-state index is 12.2. The van der Waals surface area contributed by atoms with Gasteiger partial charge in [-0.15, -0.1) is 0 Å². The van der Waals surface area contributed by atoms with Crippen molar-refractivity contribution in [2.75, 3.05) is 6.54 Å². The van der Waals surface area contributed by atoms with Crippen molar-refractivity contribution in [2.24, 2.45) is 11.7 Å². The Kier molecular flexibility index (Phi) is 5.61. The predicted molar refractivity (Wildman–Crippen MR) is 66.5 cm³/mol. The molecule has 100 valence electrons. The molecule has 0 aromatic rings. The van der Waals surface area contributed by atoms with Crippen molar-refractivity contribution in [2.45, 2.75) is 52.6 Å². The third-order valence-electron chi connectivity index (χ3n) is 2.91. The largest absolute Gasteiger partial charge is 0.480 e. The SMILES string of the molecule is CCC(C)[C@H](N)C(=O)N(CC(=O)O)C(C)(C)C. The van der Waals surface area contributed by atoms with Gasteiger partial charge in [0.2, 0.25) is 5.91 Å². The maximum absolute atomic E-state index is 12.2. The first-order valence-electron chi connectivity index (χ1n) is 5.90. The average Bonchev–Trinajstić information content (AvgIpc) is 2.21. The van der Waals surface area contributed by atoms with Gasteiger partial charge in [-0.1, -0.05) is 20.3 Å². The molecule has 0 radical (unpaired) electrons. The number of aliphatic carboxylic acids is 1. The van der Waals surface area contributed by atoms with E-state index in [4.69, 9.17) is 10.8 Å². The number of hydrogen-bond acceptors (Lipinski definition) is 3. The molecule has 0 saturated heterocycles. The molecular weight excluding hydrogens is 220 g/mol. The average molecular weight is 244 g/mol. The highest BCUT2D eigenvalue weighted by Crippen LogP contribution is 2.17. The molecule has 0 aliphatic rings. The van der Waals surface area contributed by atoms with Gasteiger partial charge in [-0.25, -0.2) is 0 Å². The van der Waals surface area contributed by atoms with Crippen molar-refractivity contribution in [1.29, 1.82) is 0 Å². The van der Waals surface area contributed by atoms with Gasteiger partial charge in [-0.2, -0.15) is 0 Å². The first-order chi connectivity index (χ1) is 7.61. The Hall–Kier alpha value is -1.10. The Labute approximate surface area is 103 Å². The van der Waals surface area contributed by atoms with Crippen molar-refractivity contribution in [3.8, 4) is 0 Å². The fraction of sp³-hybridized carbons (Fsp3) is 0.833. The van der Waals surface area contributed by atoms with Gasteiger partial charge >= 0.3 is 5.97 Å². The normalized spacial score (nSPS) is 15.2. The van der Waals surface area contributed by atoms with E-state index in [1.807, 2.05) is 13.8 Å². The van der Waals surface area contributed by atoms with E-state index in [-0.39, 0.29) is 18.4 Å². The van der Waals surface area contributed by atoms with E-state index in [0.29, 0.717) is 0 Å². The summed E-state index contributed by atoms with van der Waals surface area (Å²) in [7, 11) is 0. The van der Waals surface area contributed by atoms with Crippen molar-refractivity contribution < 1.29 is 14.7 Å². The molecule has 0 saturated carbocycles. The van der Waals surface area contributed by atoms with Crippen LogP contribution in [0.3, 0.4) is 0 Å². The molecule has 5 heteroatoms. The van der Waals surface area contributed by atoms with Crippen LogP contribution in [0.5, 0.6) is 0 Å². The van der Waals surface area contributed by atoms with Crippen LogP contribution in [0.4, 0.5) is 0 Å². The Balaban J connectivity index is 4.94. The van der Waals surface area contributed by atoms with Gasteiger partial charge in [-0.05, 0) is 26.7 Å². The summed E-state index contributed by atoms with van der Waals surface area (Å²) in [5, 5.41) is 8.84. The fourth-order valence-corrected chi connectivity index (χ4v) is 1.46. The molecule has 5 nitrogen and oxygen atoms in total. The van der Waals surface area contributed by atoms with Crippen LogP contribution in [-0.2, 0) is 9.59 Å². The molecule has 0 fully saturated rings. The van der Waals surface area contributed by atoms with Crippen LogP contribution in [0.2, 0.25) is 0 Å². The minimum absolute atomic E-state index is 0.0427. The zero-order valence-electron chi connectivity index (χ0n) is 11.4. The van der Waals surface area contributed by atoms with Crippen molar-refractivity contribution in [3.05, 3.63) is 0 Å². The lowest BCUT2D eigenvalue weighted by atomic mass is 9.96. The monoisotopic (exact) mass is 244 g/mol. The number of amides is 1. The van der Waals surface area contributed by atoms with E-state index in [2.05, 4.69) is 0 Å². The van der Waals surface area contributed by atoms with Gasteiger partial charge in [0.05, 0.1) is 6.04 Å². The summed E-state index contributed by atoms with van der Waals surface area (Å²) in [5.41, 5.74) is 5.32. The van der Waals surface area contributed by atoms with Gasteiger partial charge < -0.3 is 15.7 Å². The first kappa shape index (κ1) is 15.9. The highest BCUT2D eigenvalue weighted by atomic mass is 16.4. The topological polar surface area (TPSA) is 83.6 Å². The van der Waals surface area contributed by atoms with Crippen LogP contribution in [0.25, 0.3) is 0 Å². The quantitative estimate of drug-likeness (QED) is 0.757. The number of hydrogen-bond donors (Lipinski definition) is 2. The standard InChI is InChI=1S/C12H24N2O3/c1-6-8(2)10(13)11(17)14(7-9(15)16)12(3,4)5/h8,10H,6-7,13H2,1-5H3,(H,15,16)/t8?,10-/m0/s1. The summed E-state index contributed by atoms with van der Waals surface area (Å²) in [6, 6.07) is -0.640. The lowest BCUT2D eigenvalue weighted by Gasteiger charge is -2.37. The number of carboxylic acids is 1. The van der Waals surface area contributed by atoms with Crippen LogP contribution in [0.15, 0.2) is 0 Å². The van der Waals surface area contributed by atoms with Gasteiger partial charge in [-0.3, -0.25) is 9.59 Å². The molecule has 1 unspecified atom stereocenters. The third kappa shape index (κ3) is 4.73. The molecule has 1 amide bonds. The Morgan fingerprint density at radius 1 is 1.35 bits per heavy atom. The van der Waals surface area contributed by atoms with Crippen molar-refractivity contribution in [3.63, 3.8) is 0 Å². The van der Waals surface area contributed by atoms with Crippen molar-refractivity contribution in [1.82, 2.24) is 4.90 Å². The summed E-state index contributed by atoms with van der Waals surface area (Å²) in [6.07, 6.45) is 0.790. The minimum atomic E-state index is -1.02. The molecule has 0 heterocycles. The van der Waals surface area contributed by atoms with Crippen LogP contribution >= 0.6 is 0 Å². The zero-order valence-corrected chi connectivity index (χ0v) is 11.4. The molecule has 3 N–H and O–H groups in total. The summed E-state index contributed by atoms with van der Waals surface area (Å²) in [4.78, 5) is 24.3. The lowest BCUT2D eigenvalue weighted by molar-refractivity contribution is -0.149. The molecule has 0 aromatic heterocycles. The Bertz CT molecular complexity index is 284. The van der Waals surface area contributed by atoms with Crippen molar-refractivity contribution >= 4 is 11.9 Å². The molecule has 0 aliphatic carbocycles. The predicted octanol–water partition coefficient (Wildman–Crippen LogP) is 1.07. The number of rotatable bonds is 5. The Morgan fingerprint density at radius 2 is 1.82 bits per heavy atom. The van der Waals surface area contributed by atoms with Gasteiger partial charge in [0, 0.05) is 5.54 Å². The molecule has 17 heavy (non-hydrogen) atoms. The molecule has 0 rings (SSSR count). The molecular formula is C12H24N2O3. The van der Waals surface area contributed by atoms with Crippen LogP contribution in [0, 0.1) is 5.92 Å². The van der Waals surface area contributed by atoms with Crippen LogP contribution in [-0.4, -0.2) is 40.0 Å². The van der Waals surface area contributed by atoms with Gasteiger partial charge in [0.25, 0.3) is 0 Å². The first-order valence-corrected chi connectivity index (χ1v) is 5.90. The molecule has 0 spiro atoms. The summed E-state index contributed by atoms with van der Waals surface area (Å²) in [5.74, 6) is -1.28. The maximum Gasteiger partial charge on any atom is 0.323 e. The highest BCUT2D eigenvalue weighted by Gasteiger charge is 2.33. The molecule has 0 aliphatic heterocycles. The number of carbonyl (C=O) groups excluding carboxylic acids is 1. The smallest absolute Gasteiger partial charge is 0.323 e. The zero-order chi connectivity index (χ0) is 13.8. The van der Waals surface area contributed by atoms with Crippen LogP contribution in [0.1, 0.15) is 41.0 Å². The minimum Gasteiger partial charge on any atom is -0.480 e. The fourth-order valence-electron chi connectivity index (χ4n) is 1.46. The Morgan fingerprint density at radius 3 is 2.12 bits per heavy atom. The number of nitrogens with zero attached hydrogens (tertiary/aromatic N) is 1. The van der Waals surface area contributed by atoms with E-state index in [1.165, 1.54) is 4.90 Å². The van der Waals surface area contributed by atoms with Gasteiger partial charge in [0.1, 0.15) is 6.54 Å². The second-order valence-corrected chi connectivity index (χ2v) is 5.40. The van der Waals surface area contributed by atoms with E-state index >= 15 is 0 Å². The summed E-state index contributed by atoms with van der Waals surface area (Å²) in [6.45, 7) is 8.94. The highest BCUT2D eigenvalue weighted by molar-refractivity contribution is 5.86. The number of nitrogens with two attached hydrogens (primary N) is 1. The second-order valence-electron chi connectivity index (χ2n) is 5.40. The lowest BCUT2D eigenvalue weighted by Crippen LogP contribution is -2.55. The molecule has 2 atom stereocenters. The van der Waals surface area contributed by atoms with E-state index in [9.17, 15) is 9.59 Å². The van der Waals surface area contributed by atoms with E-state index < -0.39 is 17.6 Å². The third-order valence-corrected chi connectivity index (χ3v) is 2.91. The second kappa shape index (κ2) is 6.00. The summed E-state index contributed by atoms with van der Waals surface area (Å²) < 4.78 is 0. The number of carboxylic acid groups (broad SMARTS) is 1.